The summed E-state index contributed by atoms with van der Waals surface area (Å²) in [6.45, 7) is 0. The molecule has 1 aromatic carbocycles. The molecule has 0 saturated heterocycles. The van der Waals surface area contributed by atoms with Gasteiger partial charge in [0.15, 0.2) is 15.3 Å². The minimum atomic E-state index is -3.23. The summed E-state index contributed by atoms with van der Waals surface area (Å²) in [6.07, 6.45) is 2.65. The fourth-order valence-corrected chi connectivity index (χ4v) is 2.85. The van der Waals surface area contributed by atoms with Crippen molar-refractivity contribution in [2.75, 3.05) is 6.26 Å². The van der Waals surface area contributed by atoms with Crippen LogP contribution in [0.1, 0.15) is 5.56 Å². The summed E-state index contributed by atoms with van der Waals surface area (Å²) < 4.78 is 24.3. The van der Waals surface area contributed by atoms with Crippen LogP contribution in [0, 0.1) is 0 Å². The van der Waals surface area contributed by atoms with Crippen molar-refractivity contribution < 1.29 is 8.42 Å². The molecule has 0 bridgehead atoms. The van der Waals surface area contributed by atoms with Crippen LogP contribution >= 0.6 is 11.6 Å². The lowest BCUT2D eigenvalue weighted by Gasteiger charge is -2.08. The molecule has 6 heteroatoms. The van der Waals surface area contributed by atoms with E-state index < -0.39 is 9.84 Å². The van der Waals surface area contributed by atoms with Gasteiger partial charge in [0.05, 0.1) is 11.3 Å². The largest absolute Gasteiger partial charge is 0.350 e. The molecule has 0 radical (unpaired) electrons. The van der Waals surface area contributed by atoms with E-state index in [0.29, 0.717) is 15.9 Å². The number of aromatic nitrogens is 1. The number of rotatable bonds is 2. The maximum Gasteiger partial charge on any atom is 0.193 e. The van der Waals surface area contributed by atoms with E-state index in [4.69, 9.17) is 11.6 Å². The molecule has 0 amide bonds. The Hall–Kier alpha value is -1.33. The first kappa shape index (κ1) is 13.1. The van der Waals surface area contributed by atoms with E-state index in [-0.39, 0.29) is 16.7 Å². The molecule has 1 aromatic heterocycles. The lowest BCUT2D eigenvalue weighted by atomic mass is 10.1. The SMILES string of the molecule is Cn1cc(CS(C)(=O)=O)c(=O)c2ccc(Cl)cc21. The van der Waals surface area contributed by atoms with E-state index in [1.165, 1.54) is 0 Å². The number of nitrogens with zero attached hydrogens (tertiary/aromatic N) is 1. The monoisotopic (exact) mass is 285 g/mol. The Labute approximate surface area is 110 Å². The van der Waals surface area contributed by atoms with Gasteiger partial charge in [-0.2, -0.15) is 0 Å². The Morgan fingerprint density at radius 2 is 2.00 bits per heavy atom. The lowest BCUT2D eigenvalue weighted by molar-refractivity contribution is 0.601. The Morgan fingerprint density at radius 3 is 2.61 bits per heavy atom. The van der Waals surface area contributed by atoms with Crippen molar-refractivity contribution in [1.29, 1.82) is 0 Å². The van der Waals surface area contributed by atoms with E-state index in [1.807, 2.05) is 0 Å². The van der Waals surface area contributed by atoms with Crippen LogP contribution in [0.15, 0.2) is 29.2 Å². The van der Waals surface area contributed by atoms with Crippen molar-refractivity contribution in [3.05, 3.63) is 45.2 Å². The van der Waals surface area contributed by atoms with Crippen LogP contribution in [0.25, 0.3) is 10.9 Å². The molecule has 18 heavy (non-hydrogen) atoms. The molecule has 96 valence electrons. The second-order valence-electron chi connectivity index (χ2n) is 4.33. The Balaban J connectivity index is 2.77. The molecule has 2 aromatic rings. The first-order valence-electron chi connectivity index (χ1n) is 5.23. The Bertz CT molecular complexity index is 778. The zero-order chi connectivity index (χ0) is 13.5. The van der Waals surface area contributed by atoms with Gasteiger partial charge >= 0.3 is 0 Å². The number of aryl methyl sites for hydroxylation is 1. The molecule has 0 unspecified atom stereocenters. The van der Waals surface area contributed by atoms with E-state index in [2.05, 4.69) is 0 Å². The third kappa shape index (κ3) is 2.57. The summed E-state index contributed by atoms with van der Waals surface area (Å²) in [6, 6.07) is 4.92. The summed E-state index contributed by atoms with van der Waals surface area (Å²) in [7, 11) is -1.48. The van der Waals surface area contributed by atoms with E-state index in [9.17, 15) is 13.2 Å². The average Bonchev–Trinajstić information content (AvgIpc) is 2.23. The van der Waals surface area contributed by atoms with Crippen molar-refractivity contribution in [2.45, 2.75) is 5.75 Å². The number of halogens is 1. The van der Waals surface area contributed by atoms with Crippen LogP contribution in [-0.4, -0.2) is 19.2 Å². The minimum absolute atomic E-state index is 0.252. The van der Waals surface area contributed by atoms with Crippen LogP contribution in [0.5, 0.6) is 0 Å². The zero-order valence-corrected chi connectivity index (χ0v) is 11.5. The van der Waals surface area contributed by atoms with E-state index >= 15 is 0 Å². The quantitative estimate of drug-likeness (QED) is 0.844. The van der Waals surface area contributed by atoms with Gasteiger partial charge in [0.2, 0.25) is 0 Å². The first-order chi connectivity index (χ1) is 8.28. The molecule has 0 spiro atoms. The second kappa shape index (κ2) is 4.40. The van der Waals surface area contributed by atoms with E-state index in [0.717, 1.165) is 6.26 Å². The first-order valence-corrected chi connectivity index (χ1v) is 7.67. The molecule has 0 aliphatic heterocycles. The molecule has 0 fully saturated rings. The van der Waals surface area contributed by atoms with Crippen molar-refractivity contribution in [1.82, 2.24) is 4.57 Å². The number of pyridine rings is 1. The van der Waals surface area contributed by atoms with Gasteiger partial charge in [-0.25, -0.2) is 8.42 Å². The van der Waals surface area contributed by atoms with Gasteiger partial charge in [-0.15, -0.1) is 0 Å². The highest BCUT2D eigenvalue weighted by atomic mass is 35.5. The summed E-state index contributed by atoms with van der Waals surface area (Å²) in [5, 5.41) is 1.01. The molecule has 0 aliphatic rings. The lowest BCUT2D eigenvalue weighted by Crippen LogP contribution is -2.16. The van der Waals surface area contributed by atoms with Crippen molar-refractivity contribution in [3.8, 4) is 0 Å². The number of sulfone groups is 1. The molecule has 0 saturated carbocycles. The van der Waals surface area contributed by atoms with Crippen molar-refractivity contribution in [3.63, 3.8) is 0 Å². The number of benzene rings is 1. The van der Waals surface area contributed by atoms with Crippen LogP contribution < -0.4 is 5.43 Å². The van der Waals surface area contributed by atoms with E-state index in [1.54, 1.807) is 36.0 Å². The maximum atomic E-state index is 12.1. The number of hydrogen-bond acceptors (Lipinski definition) is 3. The van der Waals surface area contributed by atoms with Gasteiger partial charge in [-0.05, 0) is 18.2 Å². The summed E-state index contributed by atoms with van der Waals surface area (Å²) in [5.74, 6) is -0.252. The Morgan fingerprint density at radius 1 is 1.33 bits per heavy atom. The molecule has 4 nitrogen and oxygen atoms in total. The predicted octanol–water partition coefficient (Wildman–Crippen LogP) is 1.74. The van der Waals surface area contributed by atoms with Crippen LogP contribution in [0.2, 0.25) is 5.02 Å². The predicted molar refractivity (Wildman–Crippen MR) is 72.7 cm³/mol. The molecule has 0 aliphatic carbocycles. The van der Waals surface area contributed by atoms with Gasteiger partial charge < -0.3 is 4.57 Å². The van der Waals surface area contributed by atoms with Crippen LogP contribution in [0.4, 0.5) is 0 Å². The molecule has 2 rings (SSSR count). The van der Waals surface area contributed by atoms with Gasteiger partial charge in [0, 0.05) is 35.5 Å². The minimum Gasteiger partial charge on any atom is -0.350 e. The topological polar surface area (TPSA) is 56.1 Å². The van der Waals surface area contributed by atoms with Crippen molar-refractivity contribution >= 4 is 32.3 Å². The van der Waals surface area contributed by atoms with Gasteiger partial charge in [0.25, 0.3) is 0 Å². The third-order valence-corrected chi connectivity index (χ3v) is 3.71. The highest BCUT2D eigenvalue weighted by Gasteiger charge is 2.12. The van der Waals surface area contributed by atoms with Crippen LogP contribution in [0.3, 0.4) is 0 Å². The number of fused-ring (bicyclic) bond motifs is 1. The highest BCUT2D eigenvalue weighted by Crippen LogP contribution is 2.17. The maximum absolute atomic E-state index is 12.1. The standard InChI is InChI=1S/C12H12ClNO3S/c1-14-6-8(7-18(2,16)17)12(15)10-4-3-9(13)5-11(10)14/h3-6H,7H2,1-2H3. The summed E-state index contributed by atoms with van der Waals surface area (Å²) in [4.78, 5) is 12.1. The third-order valence-electron chi connectivity index (χ3n) is 2.64. The number of hydrogen-bond donors (Lipinski definition) is 0. The zero-order valence-electron chi connectivity index (χ0n) is 9.97. The summed E-state index contributed by atoms with van der Waals surface area (Å²) in [5.41, 5.74) is 0.699. The molecule has 1 heterocycles. The molecule has 0 atom stereocenters. The second-order valence-corrected chi connectivity index (χ2v) is 6.90. The Kier molecular flexibility index (Phi) is 3.21. The summed E-state index contributed by atoms with van der Waals surface area (Å²) >= 11 is 5.88. The normalized spacial score (nSPS) is 11.9. The fourth-order valence-electron chi connectivity index (χ4n) is 1.91. The molecular weight excluding hydrogens is 274 g/mol. The smallest absolute Gasteiger partial charge is 0.193 e. The van der Waals surface area contributed by atoms with Gasteiger partial charge in [0.1, 0.15) is 0 Å². The molecule has 0 N–H and O–H groups in total. The highest BCUT2D eigenvalue weighted by molar-refractivity contribution is 7.89. The van der Waals surface area contributed by atoms with Gasteiger partial charge in [-0.1, -0.05) is 11.6 Å². The van der Waals surface area contributed by atoms with Crippen LogP contribution in [-0.2, 0) is 22.6 Å². The molecular formula is C12H12ClNO3S. The van der Waals surface area contributed by atoms with Gasteiger partial charge in [-0.3, -0.25) is 4.79 Å². The fraction of sp³-hybridized carbons (Fsp3) is 0.250. The van der Waals surface area contributed by atoms with Crippen molar-refractivity contribution in [2.24, 2.45) is 7.05 Å². The average molecular weight is 286 g/mol.